The Morgan fingerprint density at radius 2 is 2.19 bits per heavy atom. The molecular weight excluding hydrogens is 362 g/mol. The number of nitrogens with one attached hydrogen (secondary N) is 1. The number of rotatable bonds is 4. The second kappa shape index (κ2) is 7.24. The van der Waals surface area contributed by atoms with Crippen LogP contribution in [0.5, 0.6) is 5.75 Å². The summed E-state index contributed by atoms with van der Waals surface area (Å²) in [7, 11) is 1.65. The fourth-order valence-corrected chi connectivity index (χ4v) is 4.22. The summed E-state index contributed by atoms with van der Waals surface area (Å²) in [6.07, 6.45) is 8.81. The third-order valence-corrected chi connectivity index (χ3v) is 5.59. The Balaban J connectivity index is 1.71. The molecule has 1 aromatic heterocycles. The number of hydrogen-bond acceptors (Lipinski definition) is 4. The minimum absolute atomic E-state index is 0.215. The molecule has 2 atom stereocenters. The molecule has 2 unspecified atom stereocenters. The van der Waals surface area contributed by atoms with E-state index in [0.717, 1.165) is 47.0 Å². The minimum Gasteiger partial charge on any atom is -0.497 e. The number of aryl methyl sites for hydroxylation is 2. The standard InChI is InChI=1S/C21H22ClN3O2/c1-13-10-17(27-2)7-8-18(13)23-21-24-20(26)12-16-6-9-19(25(16)21)14-4-3-5-15(22)11-14/h3-5,7-8,10,12,14,19H,6,9,11H2,1-2H3,(H,23,24,26). The maximum atomic E-state index is 12.1. The number of nitrogens with zero attached hydrogens (tertiary/aromatic N) is 2. The van der Waals surface area contributed by atoms with Crippen LogP contribution in [0.25, 0.3) is 0 Å². The summed E-state index contributed by atoms with van der Waals surface area (Å²) in [4.78, 5) is 16.4. The minimum atomic E-state index is -0.215. The summed E-state index contributed by atoms with van der Waals surface area (Å²) in [5.74, 6) is 1.69. The van der Waals surface area contributed by atoms with Crippen LogP contribution in [0.3, 0.4) is 0 Å². The van der Waals surface area contributed by atoms with Crippen molar-refractivity contribution in [1.82, 2.24) is 9.55 Å². The Morgan fingerprint density at radius 1 is 1.33 bits per heavy atom. The lowest BCUT2D eigenvalue weighted by molar-refractivity contribution is 0.399. The van der Waals surface area contributed by atoms with E-state index >= 15 is 0 Å². The van der Waals surface area contributed by atoms with E-state index in [9.17, 15) is 4.79 Å². The third kappa shape index (κ3) is 3.52. The number of ether oxygens (including phenoxy) is 1. The summed E-state index contributed by atoms with van der Waals surface area (Å²) in [5, 5.41) is 4.24. The molecule has 2 aliphatic rings. The van der Waals surface area contributed by atoms with E-state index in [2.05, 4.69) is 20.9 Å². The lowest BCUT2D eigenvalue weighted by atomic mass is 9.91. The molecule has 1 aliphatic carbocycles. The van der Waals surface area contributed by atoms with E-state index in [1.807, 2.05) is 37.3 Å². The molecule has 1 aromatic carbocycles. The molecule has 1 aliphatic heterocycles. The second-order valence-corrected chi connectivity index (χ2v) is 7.54. The number of hydrogen-bond donors (Lipinski definition) is 1. The Bertz CT molecular complexity index is 993. The van der Waals surface area contributed by atoms with E-state index in [1.165, 1.54) is 0 Å². The van der Waals surface area contributed by atoms with E-state index in [4.69, 9.17) is 16.3 Å². The van der Waals surface area contributed by atoms with Crippen molar-refractivity contribution < 1.29 is 4.74 Å². The van der Waals surface area contributed by atoms with Crippen molar-refractivity contribution in [3.8, 4) is 5.75 Å². The topological polar surface area (TPSA) is 56.1 Å². The van der Waals surface area contributed by atoms with Crippen molar-refractivity contribution in [2.45, 2.75) is 32.2 Å². The molecular formula is C21H22ClN3O2. The number of benzene rings is 1. The van der Waals surface area contributed by atoms with E-state index in [0.29, 0.717) is 11.9 Å². The highest BCUT2D eigenvalue weighted by atomic mass is 35.5. The molecule has 0 fully saturated rings. The maximum Gasteiger partial charge on any atom is 0.274 e. The van der Waals surface area contributed by atoms with Crippen molar-refractivity contribution in [2.75, 3.05) is 12.4 Å². The first-order valence-electron chi connectivity index (χ1n) is 9.12. The van der Waals surface area contributed by atoms with Gasteiger partial charge >= 0.3 is 0 Å². The molecule has 4 rings (SSSR count). The van der Waals surface area contributed by atoms with Crippen molar-refractivity contribution in [3.63, 3.8) is 0 Å². The molecule has 0 spiro atoms. The van der Waals surface area contributed by atoms with E-state index in [-0.39, 0.29) is 11.6 Å². The zero-order valence-electron chi connectivity index (χ0n) is 15.4. The molecule has 6 heteroatoms. The highest BCUT2D eigenvalue weighted by Crippen LogP contribution is 2.40. The third-order valence-electron chi connectivity index (χ3n) is 5.31. The fourth-order valence-electron chi connectivity index (χ4n) is 3.97. The van der Waals surface area contributed by atoms with Gasteiger partial charge in [0.2, 0.25) is 5.95 Å². The van der Waals surface area contributed by atoms with Gasteiger partial charge in [0.25, 0.3) is 5.56 Å². The van der Waals surface area contributed by atoms with Gasteiger partial charge in [0, 0.05) is 34.4 Å². The summed E-state index contributed by atoms with van der Waals surface area (Å²) in [6.45, 7) is 2.00. The van der Waals surface area contributed by atoms with Gasteiger partial charge in [-0.3, -0.25) is 4.79 Å². The van der Waals surface area contributed by atoms with Crippen molar-refractivity contribution in [1.29, 1.82) is 0 Å². The zero-order chi connectivity index (χ0) is 19.0. The molecule has 2 aromatic rings. The predicted octanol–water partition coefficient (Wildman–Crippen LogP) is 4.49. The monoisotopic (exact) mass is 383 g/mol. The molecule has 0 saturated heterocycles. The molecule has 1 N–H and O–H groups in total. The fraction of sp³-hybridized carbons (Fsp3) is 0.333. The summed E-state index contributed by atoms with van der Waals surface area (Å²) in [6, 6.07) is 7.68. The highest BCUT2D eigenvalue weighted by molar-refractivity contribution is 6.29. The maximum absolute atomic E-state index is 12.1. The lowest BCUT2D eigenvalue weighted by Gasteiger charge is -2.27. The van der Waals surface area contributed by atoms with Crippen LogP contribution < -0.4 is 15.6 Å². The quantitative estimate of drug-likeness (QED) is 0.845. The Morgan fingerprint density at radius 3 is 2.93 bits per heavy atom. The van der Waals surface area contributed by atoms with Crippen LogP contribution in [0.2, 0.25) is 0 Å². The van der Waals surface area contributed by atoms with Gasteiger partial charge in [-0.15, -0.1) is 0 Å². The van der Waals surface area contributed by atoms with Crippen molar-refractivity contribution in [2.24, 2.45) is 5.92 Å². The van der Waals surface area contributed by atoms with E-state index in [1.54, 1.807) is 13.2 Å². The van der Waals surface area contributed by atoms with Gasteiger partial charge in [-0.05, 0) is 56.0 Å². The molecule has 0 saturated carbocycles. The summed E-state index contributed by atoms with van der Waals surface area (Å²) >= 11 is 6.27. The zero-order valence-corrected chi connectivity index (χ0v) is 16.2. The number of allylic oxidation sites excluding steroid dienone is 4. The van der Waals surface area contributed by atoms with Crippen LogP contribution >= 0.6 is 11.6 Å². The first-order chi connectivity index (χ1) is 13.0. The molecule has 0 amide bonds. The summed E-state index contributed by atoms with van der Waals surface area (Å²) < 4.78 is 7.45. The Hall–Kier alpha value is -2.53. The Labute approximate surface area is 163 Å². The van der Waals surface area contributed by atoms with Gasteiger partial charge in [0.05, 0.1) is 7.11 Å². The van der Waals surface area contributed by atoms with Gasteiger partial charge < -0.3 is 14.6 Å². The van der Waals surface area contributed by atoms with Gasteiger partial charge in [0.1, 0.15) is 5.75 Å². The van der Waals surface area contributed by atoms with Gasteiger partial charge in [0.15, 0.2) is 0 Å². The Kier molecular flexibility index (Phi) is 4.79. The SMILES string of the molecule is COc1ccc(Nc2nc(=O)cc3n2C(C2C=CC=C(Cl)C2)CC3)c(C)c1. The molecule has 5 nitrogen and oxygen atoms in total. The van der Waals surface area contributed by atoms with Gasteiger partial charge in [-0.1, -0.05) is 23.8 Å². The number of anilines is 2. The average molecular weight is 384 g/mol. The average Bonchev–Trinajstić information content (AvgIpc) is 3.07. The first-order valence-corrected chi connectivity index (χ1v) is 9.50. The van der Waals surface area contributed by atoms with Gasteiger partial charge in [-0.2, -0.15) is 4.98 Å². The molecule has 140 valence electrons. The second-order valence-electron chi connectivity index (χ2n) is 7.06. The van der Waals surface area contributed by atoms with Crippen LogP contribution in [0.15, 0.2) is 52.3 Å². The lowest BCUT2D eigenvalue weighted by Crippen LogP contribution is -2.23. The summed E-state index contributed by atoms with van der Waals surface area (Å²) in [5.41, 5.74) is 2.74. The van der Waals surface area contributed by atoms with Crippen molar-refractivity contribution in [3.05, 3.63) is 69.1 Å². The van der Waals surface area contributed by atoms with E-state index < -0.39 is 0 Å². The predicted molar refractivity (Wildman–Crippen MR) is 108 cm³/mol. The number of methoxy groups -OCH3 is 1. The number of halogens is 1. The van der Waals surface area contributed by atoms with Crippen LogP contribution in [-0.4, -0.2) is 16.7 Å². The molecule has 27 heavy (non-hydrogen) atoms. The van der Waals surface area contributed by atoms with Crippen molar-refractivity contribution >= 4 is 23.2 Å². The number of aromatic nitrogens is 2. The van der Waals surface area contributed by atoms with Crippen LogP contribution in [0.4, 0.5) is 11.6 Å². The van der Waals surface area contributed by atoms with Crippen LogP contribution in [-0.2, 0) is 6.42 Å². The molecule has 2 heterocycles. The largest absolute Gasteiger partial charge is 0.497 e. The molecule has 0 radical (unpaired) electrons. The normalized spacial score (nSPS) is 20.9. The van der Waals surface area contributed by atoms with Crippen LogP contribution in [0.1, 0.15) is 30.1 Å². The van der Waals surface area contributed by atoms with Gasteiger partial charge in [-0.25, -0.2) is 0 Å². The van der Waals surface area contributed by atoms with Crippen LogP contribution in [0, 0.1) is 12.8 Å². The molecule has 0 bridgehead atoms. The smallest absolute Gasteiger partial charge is 0.274 e. The number of fused-ring (bicyclic) bond motifs is 1. The first kappa shape index (κ1) is 17.9. The highest BCUT2D eigenvalue weighted by Gasteiger charge is 2.31.